The summed E-state index contributed by atoms with van der Waals surface area (Å²) in [5.74, 6) is -0.650. The second-order valence-corrected chi connectivity index (χ2v) is 7.52. The first-order valence-electron chi connectivity index (χ1n) is 9.58. The molecule has 5 heteroatoms. The third kappa shape index (κ3) is 3.66. The van der Waals surface area contributed by atoms with Gasteiger partial charge in [0.05, 0.1) is 25.6 Å². The van der Waals surface area contributed by atoms with Crippen molar-refractivity contribution in [1.82, 2.24) is 4.90 Å². The van der Waals surface area contributed by atoms with E-state index in [0.717, 1.165) is 44.8 Å². The number of carbonyl (C=O) groups excluding carboxylic acids is 2. The van der Waals surface area contributed by atoms with E-state index in [2.05, 4.69) is 4.90 Å². The summed E-state index contributed by atoms with van der Waals surface area (Å²) in [5, 5.41) is 0. The van der Waals surface area contributed by atoms with E-state index in [0.29, 0.717) is 15.8 Å². The van der Waals surface area contributed by atoms with Crippen LogP contribution in [0.25, 0.3) is 0 Å². The van der Waals surface area contributed by atoms with Crippen LogP contribution in [0.5, 0.6) is 0 Å². The lowest BCUT2D eigenvalue weighted by atomic mass is 9.96. The minimum atomic E-state index is -0.402. The molecule has 0 aromatic heterocycles. The molecule has 3 saturated heterocycles. The molecule has 3 heterocycles. The molecule has 27 heavy (non-hydrogen) atoms. The fourth-order valence-electron chi connectivity index (χ4n) is 3.89. The number of quaternary nitrogens is 1. The lowest BCUT2D eigenvalue weighted by Gasteiger charge is -2.46. The first kappa shape index (κ1) is 17.9. The Labute approximate surface area is 159 Å². The maximum atomic E-state index is 12.8. The average molecular weight is 365 g/mol. The number of rotatable bonds is 5. The van der Waals surface area contributed by atoms with Crippen molar-refractivity contribution in [1.29, 1.82) is 0 Å². The molecule has 3 aliphatic rings. The number of carbonyl (C=O) groups is 2. The number of ketones is 1. The minimum absolute atomic E-state index is 0.0351. The number of hydrogen-bond acceptors (Lipinski definition) is 4. The zero-order chi connectivity index (χ0) is 18.9. The molecule has 0 spiro atoms. The smallest absolute Gasteiger partial charge is 0.289 e. The van der Waals surface area contributed by atoms with Gasteiger partial charge in [0.15, 0.2) is 5.78 Å². The van der Waals surface area contributed by atoms with E-state index in [1.54, 1.807) is 18.2 Å². The van der Waals surface area contributed by atoms with Crippen molar-refractivity contribution in [2.75, 3.05) is 39.3 Å². The Kier molecular flexibility index (Phi) is 4.81. The van der Waals surface area contributed by atoms with Crippen molar-refractivity contribution >= 4 is 11.8 Å². The molecular formula is C22H25N2O3+. The molecular weight excluding hydrogens is 340 g/mol. The normalized spacial score (nSPS) is 25.0. The van der Waals surface area contributed by atoms with Gasteiger partial charge in [0.1, 0.15) is 19.6 Å². The van der Waals surface area contributed by atoms with Gasteiger partial charge in [-0.05, 0) is 18.6 Å². The molecule has 1 unspecified atom stereocenters. The van der Waals surface area contributed by atoms with Crippen molar-refractivity contribution < 1.29 is 19.1 Å². The van der Waals surface area contributed by atoms with E-state index in [9.17, 15) is 9.59 Å². The minimum Gasteiger partial charge on any atom is -0.289 e. The molecule has 0 aliphatic carbocycles. The molecule has 5 nitrogen and oxygen atoms in total. The molecule has 140 valence electrons. The maximum Gasteiger partial charge on any atom is 0.373 e. The van der Waals surface area contributed by atoms with Crippen molar-refractivity contribution in [3.05, 3.63) is 71.3 Å². The van der Waals surface area contributed by atoms with Crippen LogP contribution < -0.4 is 0 Å². The van der Waals surface area contributed by atoms with Gasteiger partial charge in [-0.2, -0.15) is 0 Å². The van der Waals surface area contributed by atoms with Crippen LogP contribution in [0.3, 0.4) is 0 Å². The molecule has 3 fully saturated rings. The lowest BCUT2D eigenvalue weighted by Crippen LogP contribution is -2.67. The molecule has 2 aromatic carbocycles. The fourth-order valence-corrected chi connectivity index (χ4v) is 3.89. The van der Waals surface area contributed by atoms with Gasteiger partial charge in [0.25, 0.3) is 0 Å². The Hall–Kier alpha value is -2.50. The summed E-state index contributed by atoms with van der Waals surface area (Å²) in [6.45, 7) is 7.42. The Balaban J connectivity index is 1.49. The molecule has 0 saturated carbocycles. The second-order valence-electron chi connectivity index (χ2n) is 7.52. The molecule has 0 N–H and O–H groups in total. The van der Waals surface area contributed by atoms with Crippen molar-refractivity contribution in [2.45, 2.75) is 12.8 Å². The molecule has 2 bridgehead atoms. The quantitative estimate of drug-likeness (QED) is 0.604. The number of fused-ring (bicyclic) bond motifs is 3. The van der Waals surface area contributed by atoms with Gasteiger partial charge in [-0.25, -0.2) is 4.79 Å². The zero-order valence-electron chi connectivity index (χ0n) is 15.6. The van der Waals surface area contributed by atoms with Gasteiger partial charge < -0.3 is 0 Å². The highest BCUT2D eigenvalue weighted by molar-refractivity contribution is 6.09. The van der Waals surface area contributed by atoms with Gasteiger partial charge in [-0.3, -0.25) is 14.5 Å². The number of piperazine rings is 3. The van der Waals surface area contributed by atoms with Crippen LogP contribution in [0.2, 0.25) is 0 Å². The van der Waals surface area contributed by atoms with Gasteiger partial charge >= 0.3 is 5.97 Å². The van der Waals surface area contributed by atoms with Gasteiger partial charge in [0, 0.05) is 11.1 Å². The van der Waals surface area contributed by atoms with Gasteiger partial charge in [-0.1, -0.05) is 48.5 Å². The number of hydroxylamine groups is 3. The third-order valence-corrected chi connectivity index (χ3v) is 5.79. The molecule has 3 aliphatic heterocycles. The summed E-state index contributed by atoms with van der Waals surface area (Å²) in [6.07, 6.45) is 0. The Morgan fingerprint density at radius 3 is 2.22 bits per heavy atom. The van der Waals surface area contributed by atoms with Crippen LogP contribution in [-0.2, 0) is 9.63 Å². The van der Waals surface area contributed by atoms with Crippen molar-refractivity contribution in [2.24, 2.45) is 0 Å². The predicted molar refractivity (Wildman–Crippen MR) is 102 cm³/mol. The largest absolute Gasteiger partial charge is 0.373 e. The monoisotopic (exact) mass is 365 g/mol. The van der Waals surface area contributed by atoms with E-state index < -0.39 is 5.92 Å². The lowest BCUT2D eigenvalue weighted by molar-refractivity contribution is -1.10. The Bertz CT molecular complexity index is 828. The standard InChI is InChI=1S/C22H25N2O3/c1-17(22(26)27-24-13-10-23(11-14-24)12-15-24)19-8-5-9-20(16-19)21(25)18-6-3-2-4-7-18/h2-9,16-17H,10-15H2,1H3/q+1. The summed E-state index contributed by atoms with van der Waals surface area (Å²) < 4.78 is 0.447. The summed E-state index contributed by atoms with van der Waals surface area (Å²) in [4.78, 5) is 33.9. The van der Waals surface area contributed by atoms with E-state index in [1.165, 1.54) is 0 Å². The highest BCUT2D eigenvalue weighted by atomic mass is 16.7. The predicted octanol–water partition coefficient (Wildman–Crippen LogP) is 2.63. The molecule has 2 aromatic rings. The van der Waals surface area contributed by atoms with Crippen LogP contribution in [-0.4, -0.2) is 60.6 Å². The molecule has 5 rings (SSSR count). The maximum absolute atomic E-state index is 12.8. The highest BCUT2D eigenvalue weighted by Gasteiger charge is 2.43. The van der Waals surface area contributed by atoms with E-state index >= 15 is 0 Å². The van der Waals surface area contributed by atoms with Crippen molar-refractivity contribution in [3.63, 3.8) is 0 Å². The van der Waals surface area contributed by atoms with Crippen LogP contribution in [0.4, 0.5) is 0 Å². The van der Waals surface area contributed by atoms with Gasteiger partial charge in [0.2, 0.25) is 0 Å². The summed E-state index contributed by atoms with van der Waals surface area (Å²) >= 11 is 0. The highest BCUT2D eigenvalue weighted by Crippen LogP contribution is 2.25. The average Bonchev–Trinajstić information content (AvgIpc) is 2.74. The SMILES string of the molecule is CC(C(=O)O[N+]12CCN(CC1)CC2)c1cccc(C(=O)c2ccccc2)c1. The Morgan fingerprint density at radius 1 is 0.926 bits per heavy atom. The first-order chi connectivity index (χ1) is 13.1. The summed E-state index contributed by atoms with van der Waals surface area (Å²) in [5.41, 5.74) is 2.06. The number of hydrogen-bond donors (Lipinski definition) is 0. The van der Waals surface area contributed by atoms with Crippen LogP contribution in [0, 0.1) is 0 Å². The summed E-state index contributed by atoms with van der Waals surface area (Å²) in [6, 6.07) is 16.5. The van der Waals surface area contributed by atoms with Crippen molar-refractivity contribution in [3.8, 4) is 0 Å². The molecule has 1 atom stereocenters. The summed E-state index contributed by atoms with van der Waals surface area (Å²) in [7, 11) is 0. The molecule has 0 radical (unpaired) electrons. The van der Waals surface area contributed by atoms with E-state index in [-0.39, 0.29) is 11.8 Å². The van der Waals surface area contributed by atoms with E-state index in [1.807, 2.05) is 43.3 Å². The third-order valence-electron chi connectivity index (χ3n) is 5.79. The zero-order valence-corrected chi connectivity index (χ0v) is 15.6. The van der Waals surface area contributed by atoms with Crippen LogP contribution in [0.15, 0.2) is 54.6 Å². The number of benzene rings is 2. The van der Waals surface area contributed by atoms with Crippen LogP contribution >= 0.6 is 0 Å². The van der Waals surface area contributed by atoms with Gasteiger partial charge in [-0.15, -0.1) is 4.65 Å². The Morgan fingerprint density at radius 2 is 1.56 bits per heavy atom. The second kappa shape index (κ2) is 7.25. The van der Waals surface area contributed by atoms with Crippen LogP contribution in [0.1, 0.15) is 34.3 Å². The molecule has 0 amide bonds. The van der Waals surface area contributed by atoms with E-state index in [4.69, 9.17) is 4.84 Å². The number of nitrogens with zero attached hydrogens (tertiary/aromatic N) is 2. The first-order valence-corrected chi connectivity index (χ1v) is 9.58. The fraction of sp³-hybridized carbons (Fsp3) is 0.364. The topological polar surface area (TPSA) is 46.6 Å².